The van der Waals surface area contributed by atoms with Gasteiger partial charge in [-0.1, -0.05) is 42.0 Å². The lowest BCUT2D eigenvalue weighted by atomic mass is 9.92. The molecule has 1 fully saturated rings. The number of hydrogen-bond acceptors (Lipinski definition) is 4. The van der Waals surface area contributed by atoms with Crippen molar-refractivity contribution in [2.45, 2.75) is 25.3 Å². The number of urea groups is 1. The van der Waals surface area contributed by atoms with Gasteiger partial charge in [0.15, 0.2) is 0 Å². The molecule has 1 aliphatic carbocycles. The zero-order valence-electron chi connectivity index (χ0n) is 17.5. The van der Waals surface area contributed by atoms with E-state index in [0.717, 1.165) is 21.6 Å². The van der Waals surface area contributed by atoms with Gasteiger partial charge < -0.3 is 15.5 Å². The third-order valence-corrected chi connectivity index (χ3v) is 5.86. The smallest absolute Gasteiger partial charge is 0.325 e. The van der Waals surface area contributed by atoms with Gasteiger partial charge in [-0.2, -0.15) is 0 Å². The Hall–Kier alpha value is -3.68. The van der Waals surface area contributed by atoms with E-state index in [1.807, 2.05) is 43.3 Å². The molecule has 0 radical (unpaired) electrons. The van der Waals surface area contributed by atoms with Crippen molar-refractivity contribution in [3.05, 3.63) is 65.2 Å². The number of hydrogen-bond donors (Lipinski definition) is 2. The Morgan fingerprint density at radius 3 is 2.58 bits per heavy atom. The quantitative estimate of drug-likeness (QED) is 0.721. The molecule has 8 heteroatoms. The zero-order chi connectivity index (χ0) is 22.2. The van der Waals surface area contributed by atoms with Gasteiger partial charge in [0.25, 0.3) is 5.91 Å². The van der Waals surface area contributed by atoms with E-state index in [1.165, 1.54) is 11.9 Å². The molecular weight excluding hydrogens is 396 g/mol. The van der Waals surface area contributed by atoms with E-state index in [1.54, 1.807) is 12.1 Å². The number of carbonyl (C=O) groups excluding carboxylic acids is 4. The third-order valence-electron chi connectivity index (χ3n) is 5.86. The summed E-state index contributed by atoms with van der Waals surface area (Å²) in [6.07, 6.45) is 1.15. The van der Waals surface area contributed by atoms with Crippen LogP contribution in [0, 0.1) is 6.92 Å². The number of nitrogens with zero attached hydrogens (tertiary/aromatic N) is 2. The van der Waals surface area contributed by atoms with Gasteiger partial charge in [-0.25, -0.2) is 4.79 Å². The Morgan fingerprint density at radius 1 is 1.13 bits per heavy atom. The molecule has 8 nitrogen and oxygen atoms in total. The lowest BCUT2D eigenvalue weighted by molar-refractivity contribution is -0.139. The molecule has 31 heavy (non-hydrogen) atoms. The standard InChI is InChI=1S/C23H24N4O4/c1-15-7-9-17(10-8-15)24-19(28)13-26(2)20(29)14-27-21(30)23(25-22(27)31)12-11-16-5-3-4-6-18(16)23/h3-10H,11-14H2,1-2H3,(H,24,28)(H,25,31). The first kappa shape index (κ1) is 20.6. The van der Waals surface area contributed by atoms with Gasteiger partial charge in [0.05, 0.1) is 6.54 Å². The van der Waals surface area contributed by atoms with Crippen LogP contribution in [-0.2, 0) is 26.3 Å². The molecule has 5 amide bonds. The van der Waals surface area contributed by atoms with Crippen molar-refractivity contribution in [2.24, 2.45) is 0 Å². The summed E-state index contributed by atoms with van der Waals surface area (Å²) in [5.41, 5.74) is 2.41. The normalized spacial score (nSPS) is 19.4. The molecule has 1 aliphatic heterocycles. The van der Waals surface area contributed by atoms with Crippen LogP contribution in [0.5, 0.6) is 0 Å². The van der Waals surface area contributed by atoms with E-state index < -0.39 is 29.9 Å². The summed E-state index contributed by atoms with van der Waals surface area (Å²) < 4.78 is 0. The highest BCUT2D eigenvalue weighted by atomic mass is 16.2. The molecule has 0 aromatic heterocycles. The highest BCUT2D eigenvalue weighted by Gasteiger charge is 2.55. The Balaban J connectivity index is 1.39. The number of likely N-dealkylation sites (N-methyl/N-ethyl adjacent to an activating group) is 1. The number of rotatable bonds is 5. The second-order valence-electron chi connectivity index (χ2n) is 8.05. The van der Waals surface area contributed by atoms with Gasteiger partial charge >= 0.3 is 6.03 Å². The molecule has 1 atom stereocenters. The Morgan fingerprint density at radius 2 is 1.84 bits per heavy atom. The second-order valence-corrected chi connectivity index (χ2v) is 8.05. The van der Waals surface area contributed by atoms with Crippen molar-refractivity contribution < 1.29 is 19.2 Å². The number of imide groups is 1. The highest BCUT2D eigenvalue weighted by Crippen LogP contribution is 2.41. The van der Waals surface area contributed by atoms with Crippen molar-refractivity contribution in [1.82, 2.24) is 15.1 Å². The number of fused-ring (bicyclic) bond motifs is 2. The second kappa shape index (κ2) is 7.86. The molecule has 2 N–H and O–H groups in total. The van der Waals surface area contributed by atoms with Crippen LogP contribution in [-0.4, -0.2) is 53.7 Å². The van der Waals surface area contributed by atoms with E-state index in [4.69, 9.17) is 0 Å². The first-order chi connectivity index (χ1) is 14.8. The molecule has 2 aromatic rings. The Labute approximate surface area is 180 Å². The molecular formula is C23H24N4O4. The summed E-state index contributed by atoms with van der Waals surface area (Å²) in [5, 5.41) is 5.52. The molecule has 0 bridgehead atoms. The van der Waals surface area contributed by atoms with E-state index in [0.29, 0.717) is 18.5 Å². The molecule has 1 heterocycles. The lowest BCUT2D eigenvalue weighted by Gasteiger charge is -2.23. The highest BCUT2D eigenvalue weighted by molar-refractivity contribution is 6.10. The summed E-state index contributed by atoms with van der Waals surface area (Å²) in [4.78, 5) is 52.7. The summed E-state index contributed by atoms with van der Waals surface area (Å²) >= 11 is 0. The number of anilines is 1. The van der Waals surface area contributed by atoms with Crippen LogP contribution in [0.1, 0.15) is 23.1 Å². The van der Waals surface area contributed by atoms with E-state index in [2.05, 4.69) is 10.6 Å². The summed E-state index contributed by atoms with van der Waals surface area (Å²) in [6, 6.07) is 14.2. The largest absolute Gasteiger partial charge is 0.335 e. The van der Waals surface area contributed by atoms with Crippen molar-refractivity contribution in [3.63, 3.8) is 0 Å². The SMILES string of the molecule is Cc1ccc(NC(=O)CN(C)C(=O)CN2C(=O)NC3(CCc4ccccc43)C2=O)cc1. The van der Waals surface area contributed by atoms with E-state index in [9.17, 15) is 19.2 Å². The molecule has 1 spiro atoms. The zero-order valence-corrected chi connectivity index (χ0v) is 17.5. The Bertz CT molecular complexity index is 1070. The van der Waals surface area contributed by atoms with Crippen LogP contribution < -0.4 is 10.6 Å². The predicted octanol–water partition coefficient (Wildman–Crippen LogP) is 1.79. The molecule has 1 unspecified atom stereocenters. The summed E-state index contributed by atoms with van der Waals surface area (Å²) in [6.45, 7) is 1.34. The summed E-state index contributed by atoms with van der Waals surface area (Å²) in [7, 11) is 1.47. The fraction of sp³-hybridized carbons (Fsp3) is 0.304. The van der Waals surface area contributed by atoms with E-state index in [-0.39, 0.29) is 12.5 Å². The number of nitrogens with one attached hydrogen (secondary N) is 2. The number of aryl methyl sites for hydroxylation is 2. The molecule has 2 aromatic carbocycles. The van der Waals surface area contributed by atoms with Gasteiger partial charge in [0.2, 0.25) is 11.8 Å². The minimum Gasteiger partial charge on any atom is -0.335 e. The van der Waals surface area contributed by atoms with Crippen molar-refractivity contribution in [1.29, 1.82) is 0 Å². The van der Waals surface area contributed by atoms with Gasteiger partial charge in [-0.15, -0.1) is 0 Å². The van der Waals surface area contributed by atoms with Gasteiger partial charge in [0, 0.05) is 12.7 Å². The fourth-order valence-electron chi connectivity index (χ4n) is 4.13. The average Bonchev–Trinajstić information content (AvgIpc) is 3.23. The number of carbonyl (C=O) groups is 4. The maximum absolute atomic E-state index is 13.1. The van der Waals surface area contributed by atoms with Gasteiger partial charge in [0.1, 0.15) is 12.1 Å². The van der Waals surface area contributed by atoms with Crippen molar-refractivity contribution in [3.8, 4) is 0 Å². The Kier molecular flexibility index (Phi) is 5.22. The van der Waals surface area contributed by atoms with Gasteiger partial charge in [-0.05, 0) is 43.0 Å². The molecule has 2 aliphatic rings. The third kappa shape index (κ3) is 3.76. The fourth-order valence-corrected chi connectivity index (χ4v) is 4.13. The number of benzene rings is 2. The van der Waals surface area contributed by atoms with Gasteiger partial charge in [-0.3, -0.25) is 19.3 Å². The van der Waals surface area contributed by atoms with Crippen molar-refractivity contribution in [2.75, 3.05) is 25.5 Å². The predicted molar refractivity (Wildman–Crippen MR) is 114 cm³/mol. The van der Waals surface area contributed by atoms with Crippen LogP contribution in [0.25, 0.3) is 0 Å². The van der Waals surface area contributed by atoms with Crippen LogP contribution >= 0.6 is 0 Å². The van der Waals surface area contributed by atoms with Crippen LogP contribution in [0.3, 0.4) is 0 Å². The average molecular weight is 420 g/mol. The van der Waals surface area contributed by atoms with E-state index >= 15 is 0 Å². The van der Waals surface area contributed by atoms with Crippen LogP contribution in [0.2, 0.25) is 0 Å². The molecule has 160 valence electrons. The minimum absolute atomic E-state index is 0.190. The molecule has 0 saturated carbocycles. The monoisotopic (exact) mass is 420 g/mol. The maximum atomic E-state index is 13.1. The lowest BCUT2D eigenvalue weighted by Crippen LogP contribution is -2.45. The van der Waals surface area contributed by atoms with Crippen LogP contribution in [0.4, 0.5) is 10.5 Å². The molecule has 4 rings (SSSR count). The minimum atomic E-state index is -1.10. The van der Waals surface area contributed by atoms with Crippen molar-refractivity contribution >= 4 is 29.4 Å². The van der Waals surface area contributed by atoms with Crippen LogP contribution in [0.15, 0.2) is 48.5 Å². The summed E-state index contributed by atoms with van der Waals surface area (Å²) in [5.74, 6) is -1.28. The molecule has 1 saturated heterocycles. The first-order valence-corrected chi connectivity index (χ1v) is 10.1. The number of amides is 5. The first-order valence-electron chi connectivity index (χ1n) is 10.1. The topological polar surface area (TPSA) is 98.8 Å². The maximum Gasteiger partial charge on any atom is 0.325 e.